The molecule has 0 atom stereocenters. The van der Waals surface area contributed by atoms with Gasteiger partial charge in [0.05, 0.1) is 23.8 Å². The minimum atomic E-state index is -3.48. The van der Waals surface area contributed by atoms with Crippen LogP contribution in [0, 0.1) is 13.8 Å². The number of thiophene rings is 1. The highest BCUT2D eigenvalue weighted by Gasteiger charge is 2.31. The van der Waals surface area contributed by atoms with Crippen LogP contribution in [0.3, 0.4) is 0 Å². The first kappa shape index (κ1) is 17.2. The van der Waals surface area contributed by atoms with E-state index in [-0.39, 0.29) is 12.3 Å². The molecule has 8 heteroatoms. The van der Waals surface area contributed by atoms with E-state index in [1.165, 1.54) is 21.9 Å². The van der Waals surface area contributed by atoms with Gasteiger partial charge in [-0.05, 0) is 31.5 Å². The summed E-state index contributed by atoms with van der Waals surface area (Å²) in [6.07, 6.45) is 3.38. The quantitative estimate of drug-likeness (QED) is 0.828. The smallest absolute Gasteiger partial charge is 0.244 e. The third-order valence-corrected chi connectivity index (χ3v) is 7.26. The number of nitrogens with zero attached hydrogens (tertiary/aromatic N) is 2. The number of carbonyl (C=O) groups excluding carboxylic acids is 1. The molecule has 0 saturated carbocycles. The molecule has 2 aromatic heterocycles. The van der Waals surface area contributed by atoms with Gasteiger partial charge in [-0.2, -0.15) is 4.31 Å². The molecule has 6 nitrogen and oxygen atoms in total. The minimum Gasteiger partial charge on any atom is -0.472 e. The molecule has 2 aromatic rings. The van der Waals surface area contributed by atoms with E-state index in [0.29, 0.717) is 31.1 Å². The van der Waals surface area contributed by atoms with Crippen molar-refractivity contribution in [3.05, 3.63) is 40.0 Å². The van der Waals surface area contributed by atoms with E-state index in [9.17, 15) is 13.2 Å². The third kappa shape index (κ3) is 3.40. The van der Waals surface area contributed by atoms with Crippen LogP contribution in [-0.4, -0.2) is 49.7 Å². The molecule has 130 valence electrons. The Hall–Kier alpha value is -1.64. The highest BCUT2D eigenvalue weighted by molar-refractivity contribution is 7.89. The molecular weight excluding hydrogens is 348 g/mol. The summed E-state index contributed by atoms with van der Waals surface area (Å²) in [5.41, 5.74) is 0.833. The number of amides is 1. The second-order valence-corrected chi connectivity index (χ2v) is 9.24. The van der Waals surface area contributed by atoms with Crippen LogP contribution in [-0.2, 0) is 21.2 Å². The zero-order valence-electron chi connectivity index (χ0n) is 13.7. The summed E-state index contributed by atoms with van der Waals surface area (Å²) in [6, 6.07) is 3.49. The molecule has 0 unspecified atom stereocenters. The molecule has 0 aromatic carbocycles. The van der Waals surface area contributed by atoms with Gasteiger partial charge < -0.3 is 9.32 Å². The molecule has 0 spiro atoms. The first-order valence-electron chi connectivity index (χ1n) is 7.74. The molecule has 1 saturated heterocycles. The van der Waals surface area contributed by atoms with Crippen LogP contribution >= 0.6 is 11.3 Å². The maximum absolute atomic E-state index is 12.8. The van der Waals surface area contributed by atoms with E-state index in [4.69, 9.17) is 4.42 Å². The number of furan rings is 1. The zero-order chi connectivity index (χ0) is 17.3. The lowest BCUT2D eigenvalue weighted by Gasteiger charge is -2.34. The van der Waals surface area contributed by atoms with Gasteiger partial charge in [0.2, 0.25) is 15.9 Å². The first-order chi connectivity index (χ1) is 11.4. The van der Waals surface area contributed by atoms with Crippen molar-refractivity contribution in [3.8, 4) is 0 Å². The van der Waals surface area contributed by atoms with E-state index in [1.54, 1.807) is 23.3 Å². The Bertz CT molecular complexity index is 816. The second kappa shape index (κ2) is 6.70. The predicted molar refractivity (Wildman–Crippen MR) is 91.5 cm³/mol. The van der Waals surface area contributed by atoms with Crippen molar-refractivity contribution >= 4 is 27.3 Å². The number of carbonyl (C=O) groups is 1. The van der Waals surface area contributed by atoms with Crippen molar-refractivity contribution < 1.29 is 17.6 Å². The average Bonchev–Trinajstić information content (AvgIpc) is 3.17. The van der Waals surface area contributed by atoms with Gasteiger partial charge in [0.25, 0.3) is 0 Å². The SMILES string of the molecule is Cc1cc(S(=O)(=O)N2CCN(C(=O)Cc3ccoc3)CC2)c(C)s1. The number of sulfonamides is 1. The Morgan fingerprint density at radius 3 is 2.50 bits per heavy atom. The van der Waals surface area contributed by atoms with Crippen molar-refractivity contribution in [3.63, 3.8) is 0 Å². The van der Waals surface area contributed by atoms with Gasteiger partial charge >= 0.3 is 0 Å². The van der Waals surface area contributed by atoms with Crippen LogP contribution < -0.4 is 0 Å². The van der Waals surface area contributed by atoms with E-state index in [2.05, 4.69) is 0 Å². The summed E-state index contributed by atoms with van der Waals surface area (Å²) in [5, 5.41) is 0. The molecule has 0 radical (unpaired) electrons. The number of rotatable bonds is 4. The van der Waals surface area contributed by atoms with Crippen molar-refractivity contribution in [2.45, 2.75) is 25.2 Å². The number of aryl methyl sites for hydroxylation is 2. The summed E-state index contributed by atoms with van der Waals surface area (Å²) >= 11 is 1.49. The van der Waals surface area contributed by atoms with Crippen LogP contribution in [0.5, 0.6) is 0 Å². The van der Waals surface area contributed by atoms with E-state index in [1.807, 2.05) is 13.8 Å². The Kier molecular flexibility index (Phi) is 4.80. The van der Waals surface area contributed by atoms with E-state index >= 15 is 0 Å². The van der Waals surface area contributed by atoms with Crippen molar-refractivity contribution in [2.75, 3.05) is 26.2 Å². The third-order valence-electron chi connectivity index (χ3n) is 4.14. The lowest BCUT2D eigenvalue weighted by Crippen LogP contribution is -2.50. The molecule has 1 aliphatic heterocycles. The lowest BCUT2D eigenvalue weighted by molar-refractivity contribution is -0.131. The van der Waals surface area contributed by atoms with Gasteiger partial charge in [-0.25, -0.2) is 8.42 Å². The average molecular weight is 368 g/mol. The first-order valence-corrected chi connectivity index (χ1v) is 9.99. The molecule has 3 rings (SSSR count). The largest absolute Gasteiger partial charge is 0.472 e. The Labute approximate surface area is 145 Å². The predicted octanol–water partition coefficient (Wildman–Crippen LogP) is 2.03. The van der Waals surface area contributed by atoms with Crippen LogP contribution in [0.15, 0.2) is 34.0 Å². The van der Waals surface area contributed by atoms with Gasteiger partial charge in [0, 0.05) is 35.9 Å². The molecular formula is C16H20N2O4S2. The van der Waals surface area contributed by atoms with Crippen molar-refractivity contribution in [1.29, 1.82) is 0 Å². The molecule has 0 aliphatic carbocycles. The number of hydrogen-bond donors (Lipinski definition) is 0. The van der Waals surface area contributed by atoms with Crippen molar-refractivity contribution in [1.82, 2.24) is 9.21 Å². The maximum Gasteiger partial charge on any atom is 0.244 e. The van der Waals surface area contributed by atoms with Crippen LogP contribution in [0.2, 0.25) is 0 Å². The summed E-state index contributed by atoms with van der Waals surface area (Å²) in [6.45, 7) is 5.22. The maximum atomic E-state index is 12.8. The summed E-state index contributed by atoms with van der Waals surface area (Å²) < 4.78 is 32.0. The monoisotopic (exact) mass is 368 g/mol. The van der Waals surface area contributed by atoms with Gasteiger partial charge in [-0.3, -0.25) is 4.79 Å². The lowest BCUT2D eigenvalue weighted by atomic mass is 10.2. The highest BCUT2D eigenvalue weighted by atomic mass is 32.2. The van der Waals surface area contributed by atoms with Crippen LogP contribution in [0.4, 0.5) is 0 Å². The Morgan fingerprint density at radius 1 is 1.25 bits per heavy atom. The van der Waals surface area contributed by atoms with Gasteiger partial charge in [-0.15, -0.1) is 11.3 Å². The summed E-state index contributed by atoms with van der Waals surface area (Å²) in [4.78, 5) is 16.2. The summed E-state index contributed by atoms with van der Waals surface area (Å²) in [7, 11) is -3.48. The number of piperazine rings is 1. The van der Waals surface area contributed by atoms with Crippen LogP contribution in [0.1, 0.15) is 15.3 Å². The van der Waals surface area contributed by atoms with Gasteiger partial charge in [0.15, 0.2) is 0 Å². The van der Waals surface area contributed by atoms with Gasteiger partial charge in [-0.1, -0.05) is 0 Å². The van der Waals surface area contributed by atoms with E-state index in [0.717, 1.165) is 15.3 Å². The standard InChI is InChI=1S/C16H20N2O4S2/c1-12-9-15(13(2)23-12)24(20,21)18-6-4-17(5-7-18)16(19)10-14-3-8-22-11-14/h3,8-9,11H,4-7,10H2,1-2H3. The molecule has 0 N–H and O–H groups in total. The Balaban J connectivity index is 1.64. The molecule has 0 bridgehead atoms. The highest BCUT2D eigenvalue weighted by Crippen LogP contribution is 2.28. The fourth-order valence-corrected chi connectivity index (χ4v) is 5.81. The molecule has 1 aliphatic rings. The molecule has 1 amide bonds. The molecule has 24 heavy (non-hydrogen) atoms. The van der Waals surface area contributed by atoms with Gasteiger partial charge in [0.1, 0.15) is 0 Å². The Morgan fingerprint density at radius 2 is 1.96 bits per heavy atom. The normalized spacial score (nSPS) is 16.5. The summed E-state index contributed by atoms with van der Waals surface area (Å²) in [5.74, 6) is -0.00370. The van der Waals surface area contributed by atoms with Crippen molar-refractivity contribution in [2.24, 2.45) is 0 Å². The fraction of sp³-hybridized carbons (Fsp3) is 0.438. The zero-order valence-corrected chi connectivity index (χ0v) is 15.3. The number of hydrogen-bond acceptors (Lipinski definition) is 5. The topological polar surface area (TPSA) is 70.8 Å². The molecule has 3 heterocycles. The van der Waals surface area contributed by atoms with E-state index < -0.39 is 10.0 Å². The molecule has 1 fully saturated rings. The second-order valence-electron chi connectivity index (χ2n) is 5.87. The van der Waals surface area contributed by atoms with Crippen LogP contribution in [0.25, 0.3) is 0 Å². The fourth-order valence-electron chi connectivity index (χ4n) is 2.86. The minimum absolute atomic E-state index is 0.00370.